The zero-order valence-corrected chi connectivity index (χ0v) is 24.3. The van der Waals surface area contributed by atoms with E-state index in [1.165, 1.54) is 33.1 Å². The first-order valence-electron chi connectivity index (χ1n) is 14.5. The summed E-state index contributed by atoms with van der Waals surface area (Å²) in [5, 5.41) is 13.8. The van der Waals surface area contributed by atoms with Crippen molar-refractivity contribution in [3.8, 4) is 28.7 Å². The zero-order valence-electron chi connectivity index (χ0n) is 24.3. The molecule has 0 radical (unpaired) electrons. The topological polar surface area (TPSA) is 98.9 Å². The highest BCUT2D eigenvalue weighted by Gasteiger charge is 2.28. The number of carbonyl (C=O) groups is 1. The molecule has 9 heteroatoms. The van der Waals surface area contributed by atoms with Gasteiger partial charge in [0.05, 0.1) is 25.1 Å². The highest BCUT2D eigenvalue weighted by Crippen LogP contribution is 2.35. The average molecular weight is 569 g/mol. The quantitative estimate of drug-likeness (QED) is 0.288. The molecule has 4 aromatic rings. The summed E-state index contributed by atoms with van der Waals surface area (Å²) < 4.78 is 19.2. The number of hydrogen-bond acceptors (Lipinski definition) is 7. The monoisotopic (exact) mass is 568 g/mol. The van der Waals surface area contributed by atoms with Crippen molar-refractivity contribution in [3.05, 3.63) is 88.1 Å². The number of aryl methyl sites for hydroxylation is 1. The molecular formula is C33H36N4O5. The third-order valence-corrected chi connectivity index (χ3v) is 8.30. The van der Waals surface area contributed by atoms with E-state index in [2.05, 4.69) is 29.1 Å². The summed E-state index contributed by atoms with van der Waals surface area (Å²) in [6.45, 7) is 10.5. The van der Waals surface area contributed by atoms with E-state index < -0.39 is 5.97 Å². The van der Waals surface area contributed by atoms with E-state index >= 15 is 0 Å². The van der Waals surface area contributed by atoms with Crippen LogP contribution in [0, 0.1) is 13.8 Å². The van der Waals surface area contributed by atoms with E-state index in [9.17, 15) is 9.90 Å². The van der Waals surface area contributed by atoms with E-state index in [0.717, 1.165) is 56.0 Å². The van der Waals surface area contributed by atoms with Crippen LogP contribution in [-0.4, -0.2) is 63.1 Å². The van der Waals surface area contributed by atoms with Crippen molar-refractivity contribution in [2.75, 3.05) is 26.4 Å². The molecule has 0 spiro atoms. The van der Waals surface area contributed by atoms with Crippen molar-refractivity contribution in [3.63, 3.8) is 0 Å². The van der Waals surface area contributed by atoms with Crippen molar-refractivity contribution in [1.82, 2.24) is 19.7 Å². The second-order valence-corrected chi connectivity index (χ2v) is 10.9. The molecule has 1 N–H and O–H groups in total. The second-order valence-electron chi connectivity index (χ2n) is 10.9. The van der Waals surface area contributed by atoms with Crippen LogP contribution in [-0.2, 0) is 24.3 Å². The summed E-state index contributed by atoms with van der Waals surface area (Å²) in [5.74, 6) is 0.273. The molecule has 218 valence electrons. The van der Waals surface area contributed by atoms with Crippen LogP contribution < -0.4 is 9.47 Å². The fraction of sp³-hybridized carbons (Fsp3) is 0.364. The Balaban J connectivity index is 1.25. The number of rotatable bonds is 9. The number of carboxylic acids is 1. The minimum Gasteiger partial charge on any atom is -0.488 e. The van der Waals surface area contributed by atoms with Crippen LogP contribution >= 0.6 is 0 Å². The Bertz CT molecular complexity index is 1610. The molecule has 0 amide bonds. The summed E-state index contributed by atoms with van der Waals surface area (Å²) in [6.07, 6.45) is 3.44. The van der Waals surface area contributed by atoms with E-state index in [1.807, 2.05) is 37.3 Å². The van der Waals surface area contributed by atoms with Crippen molar-refractivity contribution in [2.24, 2.45) is 0 Å². The van der Waals surface area contributed by atoms with Gasteiger partial charge < -0.3 is 19.3 Å². The van der Waals surface area contributed by atoms with Gasteiger partial charge in [0.1, 0.15) is 17.9 Å². The molecular weight excluding hydrogens is 532 g/mol. The maximum atomic E-state index is 11.7. The van der Waals surface area contributed by atoms with Crippen LogP contribution in [0.1, 0.15) is 51.5 Å². The summed E-state index contributed by atoms with van der Waals surface area (Å²) >= 11 is 0. The van der Waals surface area contributed by atoms with Crippen molar-refractivity contribution >= 4 is 5.97 Å². The Labute approximate surface area is 245 Å². The molecule has 9 nitrogen and oxygen atoms in total. The lowest BCUT2D eigenvalue weighted by molar-refractivity contribution is 0.0692. The van der Waals surface area contributed by atoms with Gasteiger partial charge >= 0.3 is 5.97 Å². The molecule has 2 aliphatic rings. The van der Waals surface area contributed by atoms with Gasteiger partial charge in [-0.05, 0) is 79.6 Å². The van der Waals surface area contributed by atoms with Gasteiger partial charge in [0.2, 0.25) is 5.88 Å². The lowest BCUT2D eigenvalue weighted by Crippen LogP contribution is -2.39. The number of pyridine rings is 1. The lowest BCUT2D eigenvalue weighted by Gasteiger charge is -2.34. The molecule has 0 unspecified atom stereocenters. The molecule has 0 bridgehead atoms. The van der Waals surface area contributed by atoms with Gasteiger partial charge in [-0.3, -0.25) is 4.90 Å². The van der Waals surface area contributed by atoms with Crippen molar-refractivity contribution in [2.45, 2.75) is 52.8 Å². The van der Waals surface area contributed by atoms with Gasteiger partial charge in [0.25, 0.3) is 0 Å². The third kappa shape index (κ3) is 5.37. The molecule has 0 aliphatic carbocycles. The molecule has 2 aromatic carbocycles. The SMILES string of the molecule is CCOc1c(C(=O)O)cnn1-c1cccc(-c2cccc(C)c2OCc2ccc3c(c2C)CCN([C@H]2CCOC2)C3)n1. The first kappa shape index (κ1) is 27.9. The standard InChI is InChI=1S/C33H36N4O5/c1-4-41-32-28(33(38)39)17-34-37(32)30-10-6-9-29(35-30)27-8-5-7-21(2)31(27)42-19-24-12-11-23-18-36(25-14-16-40-20-25)15-13-26(23)22(24)3/h5-12,17,25H,4,13-16,18-20H2,1-3H3,(H,38,39)/t25-/m0/s1. The summed E-state index contributed by atoms with van der Waals surface area (Å²) in [5.41, 5.74) is 7.88. The van der Waals surface area contributed by atoms with Gasteiger partial charge in [-0.2, -0.15) is 9.78 Å². The maximum Gasteiger partial charge on any atom is 0.342 e. The average Bonchev–Trinajstić information content (AvgIpc) is 3.69. The number of aromatic nitrogens is 3. The van der Waals surface area contributed by atoms with Gasteiger partial charge in [-0.1, -0.05) is 30.3 Å². The molecule has 1 saturated heterocycles. The Morgan fingerprint density at radius 1 is 1.12 bits per heavy atom. The van der Waals surface area contributed by atoms with E-state index in [0.29, 0.717) is 30.8 Å². The number of ether oxygens (including phenoxy) is 3. The van der Waals surface area contributed by atoms with Crippen LogP contribution in [0.25, 0.3) is 17.1 Å². The number of hydrogen-bond donors (Lipinski definition) is 1. The number of para-hydroxylation sites is 1. The van der Waals surface area contributed by atoms with Crippen LogP contribution in [0.15, 0.2) is 54.7 Å². The molecule has 1 atom stereocenters. The number of nitrogens with zero attached hydrogens (tertiary/aromatic N) is 4. The summed E-state index contributed by atoms with van der Waals surface area (Å²) in [4.78, 5) is 19.1. The Hall–Kier alpha value is -4.21. The van der Waals surface area contributed by atoms with Crippen molar-refractivity contribution < 1.29 is 24.1 Å². The first-order chi connectivity index (χ1) is 20.4. The number of benzene rings is 2. The molecule has 2 aliphatic heterocycles. The first-order valence-corrected chi connectivity index (χ1v) is 14.5. The Morgan fingerprint density at radius 3 is 2.76 bits per heavy atom. The van der Waals surface area contributed by atoms with Gasteiger partial charge in [-0.15, -0.1) is 0 Å². The second kappa shape index (κ2) is 12.0. The molecule has 2 aromatic heterocycles. The van der Waals surface area contributed by atoms with Crippen molar-refractivity contribution in [1.29, 1.82) is 0 Å². The molecule has 4 heterocycles. The maximum absolute atomic E-state index is 11.7. The minimum atomic E-state index is -1.10. The minimum absolute atomic E-state index is 0.00990. The van der Waals surface area contributed by atoms with E-state index in [1.54, 1.807) is 13.0 Å². The molecule has 42 heavy (non-hydrogen) atoms. The van der Waals surface area contributed by atoms with Gasteiger partial charge in [-0.25, -0.2) is 9.78 Å². The number of aromatic carboxylic acids is 1. The van der Waals surface area contributed by atoms with Crippen LogP contribution in [0.2, 0.25) is 0 Å². The zero-order chi connectivity index (χ0) is 29.2. The summed E-state index contributed by atoms with van der Waals surface area (Å²) in [7, 11) is 0. The molecule has 1 fully saturated rings. The number of fused-ring (bicyclic) bond motifs is 1. The predicted molar refractivity (Wildman–Crippen MR) is 159 cm³/mol. The highest BCUT2D eigenvalue weighted by molar-refractivity contribution is 5.90. The van der Waals surface area contributed by atoms with E-state index in [4.69, 9.17) is 19.2 Å². The fourth-order valence-corrected chi connectivity index (χ4v) is 6.00. The fourth-order valence-electron chi connectivity index (χ4n) is 6.00. The normalized spacial score (nSPS) is 16.8. The van der Waals surface area contributed by atoms with Gasteiger partial charge in [0.15, 0.2) is 5.82 Å². The van der Waals surface area contributed by atoms with E-state index in [-0.39, 0.29) is 11.4 Å². The smallest absolute Gasteiger partial charge is 0.342 e. The van der Waals surface area contributed by atoms with Gasteiger partial charge in [0, 0.05) is 31.3 Å². The highest BCUT2D eigenvalue weighted by atomic mass is 16.5. The van der Waals surface area contributed by atoms with Crippen LogP contribution in [0.4, 0.5) is 0 Å². The lowest BCUT2D eigenvalue weighted by atomic mass is 9.91. The summed E-state index contributed by atoms with van der Waals surface area (Å²) in [6, 6.07) is 16.6. The Kier molecular flexibility index (Phi) is 7.95. The Morgan fingerprint density at radius 2 is 1.98 bits per heavy atom. The third-order valence-electron chi connectivity index (χ3n) is 8.30. The largest absolute Gasteiger partial charge is 0.488 e. The number of carboxylic acid groups (broad SMARTS) is 1. The predicted octanol–water partition coefficient (Wildman–Crippen LogP) is 5.37. The van der Waals surface area contributed by atoms with Crippen LogP contribution in [0.5, 0.6) is 11.6 Å². The molecule has 0 saturated carbocycles. The molecule has 6 rings (SSSR count). The van der Waals surface area contributed by atoms with Crippen LogP contribution in [0.3, 0.4) is 0 Å².